The molecule has 0 aromatic rings. The monoisotopic (exact) mass is 1470 g/mol. The highest BCUT2D eigenvalue weighted by Crippen LogP contribution is 2.45. The third-order valence-electron chi connectivity index (χ3n) is 17.9. The van der Waals surface area contributed by atoms with Gasteiger partial charge in [0.05, 0.1) is 26.4 Å². The Bertz CT molecular complexity index is 2130. The minimum Gasteiger partial charge on any atom is -0.463 e. The lowest BCUT2D eigenvalue weighted by Crippen LogP contribution is -2.30. The summed E-state index contributed by atoms with van der Waals surface area (Å²) in [6, 6.07) is 0. The maximum atomic E-state index is 12.9. The molecular weight excluding hydrogens is 1310 g/mol. The van der Waals surface area contributed by atoms with Crippen LogP contribution < -0.4 is 0 Å². The Hall–Kier alpha value is -3.01. The standard InChI is InChI=1S/C83H152O16P2/c1-4-7-10-13-16-19-22-25-28-29-30-31-32-33-34-35-36-37-38-39-40-41-42-43-44-45-46-47-50-52-54-57-60-63-66-69-81(86)93-72-78(84)73-95-100(89,90)96-74-79(85)75-97-101(91,92)98-77-80(99-83(88)71-68-65-62-59-56-53-49-27-24-21-18-15-12-9-6-3)76-94-82(87)70-67-64-61-58-55-51-48-26-23-20-17-14-11-8-5-2/h7,10,16,19,25-26,28,30-31,33-34,48,78-80,84-85H,4-6,8-9,11-15,17-18,20-24,27,29,32,35-47,49-77H2,1-3H3,(H,89,90)(H,91,92)/b10-7-,19-16-,28-25-,31-30-,34-33-,48-26-. The molecular formula is C83H152O16P2. The number of rotatable bonds is 79. The Kier molecular flexibility index (Phi) is 74.3. The van der Waals surface area contributed by atoms with Gasteiger partial charge in [0.15, 0.2) is 6.10 Å². The lowest BCUT2D eigenvalue weighted by atomic mass is 10.0. The van der Waals surface area contributed by atoms with Crippen molar-refractivity contribution in [3.63, 3.8) is 0 Å². The van der Waals surface area contributed by atoms with Gasteiger partial charge in [0.25, 0.3) is 0 Å². The molecule has 0 saturated heterocycles. The maximum absolute atomic E-state index is 12.9. The number of esters is 3. The second kappa shape index (κ2) is 76.6. The van der Waals surface area contributed by atoms with Crippen molar-refractivity contribution in [1.82, 2.24) is 0 Å². The topological polar surface area (TPSA) is 231 Å². The second-order valence-corrected chi connectivity index (χ2v) is 30.8. The van der Waals surface area contributed by atoms with Crippen LogP contribution in [0.1, 0.15) is 380 Å². The highest BCUT2D eigenvalue weighted by Gasteiger charge is 2.29. The van der Waals surface area contributed by atoms with Crippen LogP contribution in [0, 0.1) is 0 Å². The first-order valence-electron chi connectivity index (χ1n) is 41.2. The molecule has 0 spiro atoms. The van der Waals surface area contributed by atoms with E-state index in [1.54, 1.807) is 0 Å². The SMILES string of the molecule is CC/C=C\C/C=C\C/C=C\C/C=C\C/C=C\CCCCCCCCCCCCCCCCCCCCCC(=O)OCC(O)COP(=O)(O)OCC(O)COP(=O)(O)OCC(COC(=O)CCCCCCC/C=C\CCCCCCCC)OC(=O)CCCCCCCCCCCCCCCCC. The van der Waals surface area contributed by atoms with Crippen LogP contribution in [0.5, 0.6) is 0 Å². The molecule has 0 rings (SSSR count). The molecule has 0 aromatic carbocycles. The maximum Gasteiger partial charge on any atom is 0.472 e. The normalized spacial score (nSPS) is 14.3. The third kappa shape index (κ3) is 77.9. The van der Waals surface area contributed by atoms with Gasteiger partial charge in [-0.3, -0.25) is 32.5 Å². The Labute approximate surface area is 617 Å². The number of allylic oxidation sites excluding steroid dienone is 12. The zero-order valence-corrected chi connectivity index (χ0v) is 66.4. The fourth-order valence-electron chi connectivity index (χ4n) is 11.7. The fraction of sp³-hybridized carbons (Fsp3) is 0.819. The Morgan fingerprint density at radius 2 is 0.525 bits per heavy atom. The Morgan fingerprint density at radius 1 is 0.287 bits per heavy atom. The second-order valence-electron chi connectivity index (χ2n) is 27.9. The van der Waals surface area contributed by atoms with Crippen LogP contribution in [0.3, 0.4) is 0 Å². The van der Waals surface area contributed by atoms with Gasteiger partial charge < -0.3 is 34.2 Å². The van der Waals surface area contributed by atoms with Crippen LogP contribution in [0.15, 0.2) is 72.9 Å². The van der Waals surface area contributed by atoms with Gasteiger partial charge in [-0.1, -0.05) is 344 Å². The van der Waals surface area contributed by atoms with Crippen LogP contribution in [-0.4, -0.2) is 95.9 Å². The van der Waals surface area contributed by atoms with Crippen LogP contribution in [0.25, 0.3) is 0 Å². The molecule has 0 saturated carbocycles. The minimum atomic E-state index is -4.92. The van der Waals surface area contributed by atoms with Crippen molar-refractivity contribution < 1.29 is 75.8 Å². The summed E-state index contributed by atoms with van der Waals surface area (Å²) in [6.07, 6.45) is 85.4. The quantitative estimate of drug-likeness (QED) is 0.0146. The van der Waals surface area contributed by atoms with Crippen molar-refractivity contribution >= 4 is 33.6 Å². The number of hydrogen-bond donors (Lipinski definition) is 4. The summed E-state index contributed by atoms with van der Waals surface area (Å²) in [7, 11) is -9.77. The molecule has 0 bridgehead atoms. The van der Waals surface area contributed by atoms with Gasteiger partial charge in [-0.25, -0.2) is 9.13 Å². The smallest absolute Gasteiger partial charge is 0.463 e. The predicted octanol–water partition coefficient (Wildman–Crippen LogP) is 24.2. The van der Waals surface area contributed by atoms with E-state index in [9.17, 15) is 43.5 Å². The summed E-state index contributed by atoms with van der Waals surface area (Å²) in [5, 5.41) is 20.6. The Morgan fingerprint density at radius 3 is 0.842 bits per heavy atom. The van der Waals surface area contributed by atoms with E-state index in [0.717, 1.165) is 116 Å². The highest BCUT2D eigenvalue weighted by molar-refractivity contribution is 7.47. The van der Waals surface area contributed by atoms with Crippen molar-refractivity contribution in [1.29, 1.82) is 0 Å². The summed E-state index contributed by atoms with van der Waals surface area (Å²) >= 11 is 0. The molecule has 0 fully saturated rings. The number of phosphoric acid groups is 2. The van der Waals surface area contributed by atoms with Crippen molar-refractivity contribution in [3.05, 3.63) is 72.9 Å². The van der Waals surface area contributed by atoms with Crippen LogP contribution in [0.2, 0.25) is 0 Å². The first-order chi connectivity index (χ1) is 49.2. The third-order valence-corrected chi connectivity index (χ3v) is 19.8. The van der Waals surface area contributed by atoms with E-state index in [-0.39, 0.29) is 19.3 Å². The van der Waals surface area contributed by atoms with Gasteiger partial charge >= 0.3 is 33.6 Å². The molecule has 5 unspecified atom stereocenters. The number of carbonyl (C=O) groups excluding carboxylic acids is 3. The summed E-state index contributed by atoms with van der Waals surface area (Å²) in [5.74, 6) is -1.56. The number of carbonyl (C=O) groups is 3. The van der Waals surface area contributed by atoms with Crippen molar-refractivity contribution in [2.75, 3.05) is 39.6 Å². The van der Waals surface area contributed by atoms with Crippen LogP contribution in [-0.2, 0) is 55.8 Å². The largest absolute Gasteiger partial charge is 0.472 e. The number of aliphatic hydroxyl groups excluding tert-OH is 2. The summed E-state index contributed by atoms with van der Waals surface area (Å²) in [4.78, 5) is 58.6. The molecule has 0 aliphatic carbocycles. The number of hydrogen-bond acceptors (Lipinski definition) is 14. The molecule has 0 heterocycles. The van der Waals surface area contributed by atoms with Gasteiger partial charge in [-0.2, -0.15) is 0 Å². The lowest BCUT2D eigenvalue weighted by molar-refractivity contribution is -0.161. The summed E-state index contributed by atoms with van der Waals surface area (Å²) < 4.78 is 61.1. The number of aliphatic hydroxyl groups is 2. The first kappa shape index (κ1) is 98.0. The van der Waals surface area contributed by atoms with E-state index in [1.807, 2.05) is 0 Å². The van der Waals surface area contributed by atoms with Gasteiger partial charge in [-0.15, -0.1) is 0 Å². The summed E-state index contributed by atoms with van der Waals surface area (Å²) in [6.45, 7) is 2.62. The first-order valence-corrected chi connectivity index (χ1v) is 44.2. The molecule has 590 valence electrons. The predicted molar refractivity (Wildman–Crippen MR) is 418 cm³/mol. The lowest BCUT2D eigenvalue weighted by Gasteiger charge is -2.21. The molecule has 101 heavy (non-hydrogen) atoms. The molecule has 16 nitrogen and oxygen atoms in total. The number of phosphoric ester groups is 2. The number of ether oxygens (including phenoxy) is 3. The van der Waals surface area contributed by atoms with E-state index >= 15 is 0 Å². The van der Waals surface area contributed by atoms with E-state index in [0.29, 0.717) is 19.3 Å². The molecule has 0 aromatic heterocycles. The molecule has 5 atom stereocenters. The van der Waals surface area contributed by atoms with Gasteiger partial charge in [-0.05, 0) is 89.9 Å². The van der Waals surface area contributed by atoms with Crippen LogP contribution in [0.4, 0.5) is 0 Å². The molecule has 4 N–H and O–H groups in total. The molecule has 18 heteroatoms. The molecule has 0 aliphatic heterocycles. The van der Waals surface area contributed by atoms with E-state index in [1.165, 1.54) is 205 Å². The zero-order valence-electron chi connectivity index (χ0n) is 64.6. The molecule has 0 aliphatic rings. The summed E-state index contributed by atoms with van der Waals surface area (Å²) in [5.41, 5.74) is 0. The molecule has 0 radical (unpaired) electrons. The average Bonchev–Trinajstić information content (AvgIpc) is 1.74. The zero-order chi connectivity index (χ0) is 73.7. The van der Waals surface area contributed by atoms with Crippen molar-refractivity contribution in [3.8, 4) is 0 Å². The highest BCUT2D eigenvalue weighted by atomic mass is 31.2. The average molecular weight is 1470 g/mol. The van der Waals surface area contributed by atoms with Gasteiger partial charge in [0.2, 0.25) is 0 Å². The minimum absolute atomic E-state index is 0.111. The Balaban J connectivity index is 4.32. The van der Waals surface area contributed by atoms with Gasteiger partial charge in [0.1, 0.15) is 25.4 Å². The van der Waals surface area contributed by atoms with E-state index < -0.39 is 91.5 Å². The molecule has 0 amide bonds. The van der Waals surface area contributed by atoms with E-state index in [4.69, 9.17) is 32.3 Å². The van der Waals surface area contributed by atoms with E-state index in [2.05, 4.69) is 93.7 Å². The van der Waals surface area contributed by atoms with Gasteiger partial charge in [0, 0.05) is 19.3 Å². The fourth-order valence-corrected chi connectivity index (χ4v) is 13.2. The van der Waals surface area contributed by atoms with Crippen molar-refractivity contribution in [2.24, 2.45) is 0 Å². The number of unbranched alkanes of at least 4 members (excludes halogenated alkanes) is 44. The van der Waals surface area contributed by atoms with Crippen molar-refractivity contribution in [2.45, 2.75) is 399 Å². The van der Waals surface area contributed by atoms with Crippen LogP contribution >= 0.6 is 15.6 Å².